The molecule has 0 aliphatic heterocycles. The highest BCUT2D eigenvalue weighted by Crippen LogP contribution is 2.12. The molecule has 0 fully saturated rings. The molecule has 166 valence electrons. The molecule has 9 heteroatoms. The van der Waals surface area contributed by atoms with E-state index in [2.05, 4.69) is 26.6 Å². The van der Waals surface area contributed by atoms with Crippen LogP contribution >= 0.6 is 15.9 Å². The molecule has 3 N–H and O–H groups in total. The molecule has 0 aromatic heterocycles. The Morgan fingerprint density at radius 3 is 2.35 bits per heavy atom. The molecule has 2 atom stereocenters. The number of ether oxygens (including phenoxy) is 2. The Bertz CT molecular complexity index is 860. The monoisotopic (exact) mass is 492 g/mol. The number of aliphatic hydroxyl groups excluding tert-OH is 1. The van der Waals surface area contributed by atoms with Crippen LogP contribution in [0.25, 0.3) is 0 Å². The minimum Gasteiger partial charge on any atom is -0.467 e. The first-order chi connectivity index (χ1) is 14.9. The number of rotatable bonds is 10. The van der Waals surface area contributed by atoms with Crippen LogP contribution in [0.15, 0.2) is 59.1 Å². The molecule has 31 heavy (non-hydrogen) atoms. The summed E-state index contributed by atoms with van der Waals surface area (Å²) < 4.78 is 10.7. The second-order valence-corrected chi connectivity index (χ2v) is 7.69. The Labute approximate surface area is 189 Å². The first-order valence-corrected chi connectivity index (χ1v) is 10.4. The summed E-state index contributed by atoms with van der Waals surface area (Å²) >= 11 is 3.34. The summed E-state index contributed by atoms with van der Waals surface area (Å²) in [4.78, 5) is 36.0. The molecule has 0 unspecified atom stereocenters. The lowest BCUT2D eigenvalue weighted by Crippen LogP contribution is -2.45. The van der Waals surface area contributed by atoms with Gasteiger partial charge in [-0.25, -0.2) is 9.59 Å². The fourth-order valence-corrected chi connectivity index (χ4v) is 2.97. The first-order valence-electron chi connectivity index (χ1n) is 9.61. The predicted molar refractivity (Wildman–Crippen MR) is 117 cm³/mol. The number of nitrogens with one attached hydrogen (secondary N) is 2. The predicted octanol–water partition coefficient (Wildman–Crippen LogP) is 2.33. The Balaban J connectivity index is 1.76. The lowest BCUT2D eigenvalue weighted by atomic mass is 10.1. The number of methoxy groups -OCH3 is 1. The van der Waals surface area contributed by atoms with Gasteiger partial charge in [-0.2, -0.15) is 0 Å². The maximum absolute atomic E-state index is 12.3. The SMILES string of the molecule is COC(=O)[C@H](Cc1ccc(Br)cc1)NC(=O)C[C@H](O)CNC(=O)OCc1ccccc1. The second kappa shape index (κ2) is 12.7. The largest absolute Gasteiger partial charge is 0.467 e. The fraction of sp³-hybridized carbons (Fsp3) is 0.318. The third-order valence-electron chi connectivity index (χ3n) is 4.29. The zero-order valence-electron chi connectivity index (χ0n) is 17.0. The van der Waals surface area contributed by atoms with Gasteiger partial charge < -0.3 is 25.2 Å². The number of halogens is 1. The highest BCUT2D eigenvalue weighted by Gasteiger charge is 2.23. The molecule has 0 aliphatic carbocycles. The molecular formula is C22H25BrN2O6. The number of amides is 2. The summed E-state index contributed by atoms with van der Waals surface area (Å²) in [6, 6.07) is 15.6. The van der Waals surface area contributed by atoms with Gasteiger partial charge in [0.1, 0.15) is 12.6 Å². The number of benzene rings is 2. The Morgan fingerprint density at radius 1 is 1.03 bits per heavy atom. The Morgan fingerprint density at radius 2 is 1.71 bits per heavy atom. The number of aliphatic hydroxyl groups is 1. The van der Waals surface area contributed by atoms with Gasteiger partial charge >= 0.3 is 12.1 Å². The smallest absolute Gasteiger partial charge is 0.407 e. The molecule has 0 spiro atoms. The summed E-state index contributed by atoms with van der Waals surface area (Å²) in [5, 5.41) is 15.0. The maximum atomic E-state index is 12.3. The molecule has 0 aliphatic rings. The van der Waals surface area contributed by atoms with Crippen LogP contribution in [0.1, 0.15) is 17.5 Å². The first kappa shape index (κ1) is 24.4. The minimum atomic E-state index is -1.14. The number of carbonyl (C=O) groups excluding carboxylic acids is 3. The average molecular weight is 493 g/mol. The number of hydrogen-bond acceptors (Lipinski definition) is 6. The van der Waals surface area contributed by atoms with Crippen molar-refractivity contribution in [1.82, 2.24) is 10.6 Å². The van der Waals surface area contributed by atoms with Crippen LogP contribution in [-0.2, 0) is 32.1 Å². The van der Waals surface area contributed by atoms with Crippen molar-refractivity contribution >= 4 is 33.9 Å². The van der Waals surface area contributed by atoms with E-state index in [0.29, 0.717) is 0 Å². The van der Waals surface area contributed by atoms with Crippen LogP contribution in [0.3, 0.4) is 0 Å². The molecule has 0 bridgehead atoms. The molecule has 2 aromatic rings. The van der Waals surface area contributed by atoms with Crippen molar-refractivity contribution in [1.29, 1.82) is 0 Å². The van der Waals surface area contributed by atoms with Crippen molar-refractivity contribution in [2.75, 3.05) is 13.7 Å². The van der Waals surface area contributed by atoms with E-state index in [1.165, 1.54) is 7.11 Å². The topological polar surface area (TPSA) is 114 Å². The zero-order valence-corrected chi connectivity index (χ0v) is 18.6. The third-order valence-corrected chi connectivity index (χ3v) is 4.82. The standard InChI is InChI=1S/C22H25BrN2O6/c1-30-21(28)19(11-15-7-9-17(23)10-8-15)25-20(27)12-18(26)13-24-22(29)31-14-16-5-3-2-4-6-16/h2-10,18-19,26H,11-14H2,1H3,(H,24,29)(H,25,27)/t18-,19-/m0/s1. The normalized spacial score (nSPS) is 12.4. The Hall–Kier alpha value is -2.91. The van der Waals surface area contributed by atoms with Crippen molar-refractivity contribution < 1.29 is 29.0 Å². The summed E-state index contributed by atoms with van der Waals surface area (Å²) in [7, 11) is 1.24. The van der Waals surface area contributed by atoms with Crippen molar-refractivity contribution in [3.63, 3.8) is 0 Å². The summed E-state index contributed by atoms with van der Waals surface area (Å²) in [6.45, 7) is -0.0727. The minimum absolute atomic E-state index is 0.0973. The fourth-order valence-electron chi connectivity index (χ4n) is 2.71. The van der Waals surface area contributed by atoms with E-state index in [-0.39, 0.29) is 26.0 Å². The van der Waals surface area contributed by atoms with Crippen molar-refractivity contribution in [2.45, 2.75) is 31.6 Å². The zero-order chi connectivity index (χ0) is 22.6. The van der Waals surface area contributed by atoms with Gasteiger partial charge in [-0.3, -0.25) is 4.79 Å². The summed E-state index contributed by atoms with van der Waals surface area (Å²) in [5.74, 6) is -1.13. The third kappa shape index (κ3) is 9.18. The van der Waals surface area contributed by atoms with Gasteiger partial charge in [0.25, 0.3) is 0 Å². The molecule has 0 saturated carbocycles. The molecule has 0 radical (unpaired) electrons. The summed E-state index contributed by atoms with van der Waals surface area (Å²) in [6.07, 6.45) is -1.90. The molecule has 8 nitrogen and oxygen atoms in total. The number of esters is 1. The van der Waals surface area contributed by atoms with Crippen molar-refractivity contribution in [3.8, 4) is 0 Å². The lowest BCUT2D eigenvalue weighted by Gasteiger charge is -2.18. The van der Waals surface area contributed by atoms with E-state index in [1.54, 1.807) is 0 Å². The highest BCUT2D eigenvalue weighted by molar-refractivity contribution is 9.10. The second-order valence-electron chi connectivity index (χ2n) is 6.77. The van der Waals surface area contributed by atoms with Gasteiger partial charge in [0.05, 0.1) is 19.6 Å². The van der Waals surface area contributed by atoms with Crippen LogP contribution in [0.2, 0.25) is 0 Å². The molecule has 2 rings (SSSR count). The van der Waals surface area contributed by atoms with Gasteiger partial charge in [-0.15, -0.1) is 0 Å². The van der Waals surface area contributed by atoms with E-state index < -0.39 is 30.1 Å². The quantitative estimate of drug-likeness (QED) is 0.438. The number of carbonyl (C=O) groups is 3. The average Bonchev–Trinajstić information content (AvgIpc) is 2.77. The van der Waals surface area contributed by atoms with E-state index >= 15 is 0 Å². The summed E-state index contributed by atoms with van der Waals surface area (Å²) in [5.41, 5.74) is 1.67. The molecular weight excluding hydrogens is 468 g/mol. The van der Waals surface area contributed by atoms with Gasteiger partial charge in [0, 0.05) is 17.4 Å². The molecule has 0 saturated heterocycles. The van der Waals surface area contributed by atoms with Gasteiger partial charge in [-0.05, 0) is 23.3 Å². The molecule has 2 amide bonds. The Kier molecular flexibility index (Phi) is 9.99. The molecule has 2 aromatic carbocycles. The van der Waals surface area contributed by atoms with Gasteiger partial charge in [0.2, 0.25) is 5.91 Å². The van der Waals surface area contributed by atoms with E-state index in [0.717, 1.165) is 15.6 Å². The van der Waals surface area contributed by atoms with Crippen LogP contribution in [0.5, 0.6) is 0 Å². The number of hydrogen-bond donors (Lipinski definition) is 3. The van der Waals surface area contributed by atoms with Crippen molar-refractivity contribution in [3.05, 3.63) is 70.2 Å². The van der Waals surface area contributed by atoms with Crippen molar-refractivity contribution in [2.24, 2.45) is 0 Å². The highest BCUT2D eigenvalue weighted by atomic mass is 79.9. The van der Waals surface area contributed by atoms with E-state index in [4.69, 9.17) is 9.47 Å². The van der Waals surface area contributed by atoms with Gasteiger partial charge in [-0.1, -0.05) is 58.4 Å². The number of alkyl carbamates (subject to hydrolysis) is 1. The van der Waals surface area contributed by atoms with E-state index in [1.807, 2.05) is 54.6 Å². The van der Waals surface area contributed by atoms with Crippen LogP contribution in [-0.4, -0.2) is 48.9 Å². The van der Waals surface area contributed by atoms with Crippen LogP contribution in [0.4, 0.5) is 4.79 Å². The van der Waals surface area contributed by atoms with E-state index in [9.17, 15) is 19.5 Å². The van der Waals surface area contributed by atoms with Crippen LogP contribution < -0.4 is 10.6 Å². The lowest BCUT2D eigenvalue weighted by molar-refractivity contribution is -0.145. The van der Waals surface area contributed by atoms with Gasteiger partial charge in [0.15, 0.2) is 0 Å². The van der Waals surface area contributed by atoms with Crippen LogP contribution in [0, 0.1) is 0 Å². The molecule has 0 heterocycles. The maximum Gasteiger partial charge on any atom is 0.407 e.